The highest BCUT2D eigenvalue weighted by Crippen LogP contribution is 1.88. The second kappa shape index (κ2) is 19.0. The Labute approximate surface area is 207 Å². The van der Waals surface area contributed by atoms with Gasteiger partial charge in [-0.1, -0.05) is 12.1 Å². The zero-order valence-corrected chi connectivity index (χ0v) is 20.9. The van der Waals surface area contributed by atoms with Gasteiger partial charge in [-0.25, -0.2) is 9.97 Å². The quantitative estimate of drug-likeness (QED) is 0.308. The highest BCUT2D eigenvalue weighted by Gasteiger charge is 1.76. The molecule has 0 bridgehead atoms. The van der Waals surface area contributed by atoms with E-state index >= 15 is 0 Å². The summed E-state index contributed by atoms with van der Waals surface area (Å²) in [4.78, 5) is 23.2. The lowest BCUT2D eigenvalue weighted by atomic mass is 10.3. The molecule has 0 N–H and O–H groups in total. The van der Waals surface area contributed by atoms with E-state index < -0.39 is 0 Å². The molecule has 180 valence electrons. The summed E-state index contributed by atoms with van der Waals surface area (Å²) in [6.45, 7) is 9.82. The Bertz CT molecular complexity index is 895. The molecule has 0 amide bonds. The lowest BCUT2D eigenvalue weighted by Gasteiger charge is -1.82. The van der Waals surface area contributed by atoms with Crippen molar-refractivity contribution in [2.45, 2.75) is 34.6 Å². The van der Waals surface area contributed by atoms with Crippen LogP contribution in [0.2, 0.25) is 0 Å². The third-order valence-electron chi connectivity index (χ3n) is 3.78. The normalized spacial score (nSPS) is 8.71. The maximum absolute atomic E-state index is 3.98. The van der Waals surface area contributed by atoms with E-state index in [9.17, 15) is 0 Å². The first kappa shape index (κ1) is 28.6. The Morgan fingerprint density at radius 1 is 0.429 bits per heavy atom. The average Bonchev–Trinajstić information content (AvgIpc) is 2.88. The number of rotatable bonds is 0. The maximum Gasteiger partial charge on any atom is 0.115 e. The van der Waals surface area contributed by atoms with Crippen molar-refractivity contribution >= 4 is 0 Å². The van der Waals surface area contributed by atoms with Crippen LogP contribution >= 0.6 is 0 Å². The van der Waals surface area contributed by atoms with Gasteiger partial charge in [0, 0.05) is 61.0 Å². The Hall–Kier alpha value is -4.46. The summed E-state index contributed by atoms with van der Waals surface area (Å²) in [7, 11) is 0. The zero-order valence-electron chi connectivity index (χ0n) is 20.9. The van der Waals surface area contributed by atoms with Gasteiger partial charge in [-0.2, -0.15) is 10.2 Å². The van der Waals surface area contributed by atoms with Gasteiger partial charge in [0.05, 0.1) is 11.9 Å². The molecule has 0 atom stereocenters. The minimum absolute atomic E-state index is 0.961. The fourth-order valence-corrected chi connectivity index (χ4v) is 1.98. The monoisotopic (exact) mass is 468 g/mol. The van der Waals surface area contributed by atoms with Crippen LogP contribution in [-0.4, -0.2) is 40.1 Å². The van der Waals surface area contributed by atoms with Crippen LogP contribution in [-0.2, 0) is 0 Å². The summed E-state index contributed by atoms with van der Waals surface area (Å²) in [5, 5.41) is 7.23. The molecular formula is C27H32N8. The lowest BCUT2D eigenvalue weighted by molar-refractivity contribution is 1.01. The molecule has 8 heteroatoms. The summed E-state index contributed by atoms with van der Waals surface area (Å²) in [6.07, 6.45) is 17.1. The maximum atomic E-state index is 3.98. The van der Waals surface area contributed by atoms with Gasteiger partial charge in [-0.3, -0.25) is 19.9 Å². The molecule has 0 aliphatic heterocycles. The van der Waals surface area contributed by atoms with Crippen LogP contribution in [0, 0.1) is 34.6 Å². The molecule has 0 radical (unpaired) electrons. The topological polar surface area (TPSA) is 103 Å². The van der Waals surface area contributed by atoms with E-state index in [0.29, 0.717) is 0 Å². The zero-order chi connectivity index (χ0) is 25.6. The Balaban J connectivity index is 0.000000219. The van der Waals surface area contributed by atoms with Gasteiger partial charge in [0.15, 0.2) is 0 Å². The second-order valence-electron chi connectivity index (χ2n) is 7.12. The van der Waals surface area contributed by atoms with Crippen LogP contribution in [0.15, 0.2) is 105 Å². The molecule has 8 nitrogen and oxygen atoms in total. The van der Waals surface area contributed by atoms with Crippen LogP contribution in [0.4, 0.5) is 0 Å². The van der Waals surface area contributed by atoms with Gasteiger partial charge < -0.3 is 0 Å². The molecule has 5 aromatic heterocycles. The molecule has 0 aliphatic carbocycles. The second-order valence-corrected chi connectivity index (χ2v) is 7.12. The molecule has 5 heterocycles. The van der Waals surface area contributed by atoms with Gasteiger partial charge >= 0.3 is 0 Å². The highest BCUT2D eigenvalue weighted by atomic mass is 15.1. The van der Waals surface area contributed by atoms with E-state index in [2.05, 4.69) is 40.1 Å². The molecule has 0 aromatic carbocycles. The number of nitrogens with zero attached hydrogens (tertiary/aromatic N) is 8. The van der Waals surface area contributed by atoms with Crippen molar-refractivity contribution in [3.05, 3.63) is 133 Å². The van der Waals surface area contributed by atoms with E-state index in [0.717, 1.165) is 22.6 Å². The number of hydrogen-bond donors (Lipinski definition) is 0. The molecule has 35 heavy (non-hydrogen) atoms. The van der Waals surface area contributed by atoms with Crippen LogP contribution < -0.4 is 0 Å². The predicted molar refractivity (Wildman–Crippen MR) is 138 cm³/mol. The molecule has 0 unspecified atom stereocenters. The number of hydrogen-bond acceptors (Lipinski definition) is 8. The molecule has 5 aromatic rings. The minimum atomic E-state index is 0.961. The van der Waals surface area contributed by atoms with Crippen molar-refractivity contribution in [1.29, 1.82) is 0 Å². The summed E-state index contributed by atoms with van der Waals surface area (Å²) in [5.74, 6) is 0. The Morgan fingerprint density at radius 2 is 1.17 bits per heavy atom. The smallest absolute Gasteiger partial charge is 0.115 e. The SMILES string of the molecule is Cc1ccccn1.Cc1cccnc1.Cc1ccncn1.Cc1ccnnc1.Cc1cnccn1. The van der Waals surface area contributed by atoms with Gasteiger partial charge in [0.2, 0.25) is 0 Å². The first-order chi connectivity index (χ1) is 17.0. The first-order valence-electron chi connectivity index (χ1n) is 10.9. The largest absolute Gasteiger partial charge is 0.264 e. The fourth-order valence-electron chi connectivity index (χ4n) is 1.98. The molecule has 0 aliphatic rings. The lowest BCUT2D eigenvalue weighted by Crippen LogP contribution is -1.77. The third-order valence-corrected chi connectivity index (χ3v) is 3.78. The Kier molecular flexibility index (Phi) is 15.6. The van der Waals surface area contributed by atoms with Gasteiger partial charge in [-0.05, 0) is 76.1 Å². The molecule has 5 rings (SSSR count). The fraction of sp³-hybridized carbons (Fsp3) is 0.185. The number of pyridine rings is 2. The third kappa shape index (κ3) is 17.7. The standard InChI is InChI=1S/2C6H7N.3C5H6N2/c1-6-3-2-4-7-5-6;1-6-4-2-3-5-7-6;1-5-4-6-2-3-7-5;1-5-2-3-6-4-7-5;1-5-2-3-6-7-4-5/h2*2-5H,1H3;3*2-4H,1H3. The molecular weight excluding hydrogens is 436 g/mol. The number of aryl methyl sites for hydroxylation is 5. The Morgan fingerprint density at radius 3 is 1.46 bits per heavy atom. The average molecular weight is 469 g/mol. The molecule has 0 saturated heterocycles. The molecule has 0 spiro atoms. The summed E-state index contributed by atoms with van der Waals surface area (Å²) < 4.78 is 0. The van der Waals surface area contributed by atoms with Gasteiger partial charge in [0.25, 0.3) is 0 Å². The van der Waals surface area contributed by atoms with Crippen LogP contribution in [0.5, 0.6) is 0 Å². The molecule has 0 fully saturated rings. The van der Waals surface area contributed by atoms with E-state index in [4.69, 9.17) is 0 Å². The van der Waals surface area contributed by atoms with Gasteiger partial charge in [-0.15, -0.1) is 0 Å². The van der Waals surface area contributed by atoms with Crippen molar-refractivity contribution in [2.24, 2.45) is 0 Å². The van der Waals surface area contributed by atoms with Crippen molar-refractivity contribution in [3.63, 3.8) is 0 Å². The van der Waals surface area contributed by atoms with Crippen LogP contribution in [0.25, 0.3) is 0 Å². The van der Waals surface area contributed by atoms with Crippen LogP contribution in [0.3, 0.4) is 0 Å². The van der Waals surface area contributed by atoms with Crippen molar-refractivity contribution in [2.75, 3.05) is 0 Å². The van der Waals surface area contributed by atoms with Crippen LogP contribution in [0.1, 0.15) is 28.2 Å². The van der Waals surface area contributed by atoms with E-state index in [1.807, 2.05) is 83.3 Å². The summed E-state index contributed by atoms with van der Waals surface area (Å²) >= 11 is 0. The van der Waals surface area contributed by atoms with Crippen molar-refractivity contribution in [3.8, 4) is 0 Å². The van der Waals surface area contributed by atoms with Crippen molar-refractivity contribution in [1.82, 2.24) is 40.1 Å². The first-order valence-corrected chi connectivity index (χ1v) is 10.9. The summed E-state index contributed by atoms with van der Waals surface area (Å²) in [5.41, 5.74) is 5.40. The van der Waals surface area contributed by atoms with E-state index in [1.165, 1.54) is 11.9 Å². The predicted octanol–water partition coefficient (Wildman–Crippen LogP) is 5.14. The van der Waals surface area contributed by atoms with Crippen molar-refractivity contribution < 1.29 is 0 Å². The van der Waals surface area contributed by atoms with Gasteiger partial charge in [0.1, 0.15) is 6.33 Å². The molecule has 0 saturated carbocycles. The minimum Gasteiger partial charge on any atom is -0.264 e. The number of aromatic nitrogens is 8. The highest BCUT2D eigenvalue weighted by molar-refractivity contribution is 5.04. The van der Waals surface area contributed by atoms with E-state index in [1.54, 1.807) is 49.6 Å². The van der Waals surface area contributed by atoms with E-state index in [-0.39, 0.29) is 0 Å². The summed E-state index contributed by atoms with van der Waals surface area (Å²) in [6, 6.07) is 13.6.